The SMILES string of the molecule is N#Cc1nc(-c2ccccc2Br)[nH]c1C#N. The molecule has 0 amide bonds. The molecule has 2 rings (SSSR count). The maximum absolute atomic E-state index is 8.80. The molecule has 0 unspecified atom stereocenters. The van der Waals surface area contributed by atoms with Gasteiger partial charge >= 0.3 is 0 Å². The first-order valence-electron chi connectivity index (χ1n) is 4.41. The average Bonchev–Trinajstić information content (AvgIpc) is 2.72. The highest BCUT2D eigenvalue weighted by Crippen LogP contribution is 2.26. The van der Waals surface area contributed by atoms with E-state index in [1.165, 1.54) is 0 Å². The molecular weight excluding hydrogens is 268 g/mol. The molecule has 0 radical (unpaired) electrons. The van der Waals surface area contributed by atoms with Gasteiger partial charge < -0.3 is 4.98 Å². The fourth-order valence-electron chi connectivity index (χ4n) is 1.32. The molecule has 0 atom stereocenters. The summed E-state index contributed by atoms with van der Waals surface area (Å²) < 4.78 is 0.859. The number of hydrogen-bond acceptors (Lipinski definition) is 3. The smallest absolute Gasteiger partial charge is 0.177 e. The van der Waals surface area contributed by atoms with Crippen molar-refractivity contribution in [3.05, 3.63) is 40.1 Å². The van der Waals surface area contributed by atoms with E-state index in [0.717, 1.165) is 10.0 Å². The highest BCUT2D eigenvalue weighted by atomic mass is 79.9. The number of aromatic nitrogens is 2. The van der Waals surface area contributed by atoms with Crippen molar-refractivity contribution in [3.63, 3.8) is 0 Å². The number of halogens is 1. The Bertz CT molecular complexity index is 584. The molecule has 0 aliphatic carbocycles. The monoisotopic (exact) mass is 272 g/mol. The third-order valence-corrected chi connectivity index (χ3v) is 2.74. The van der Waals surface area contributed by atoms with E-state index in [-0.39, 0.29) is 11.4 Å². The molecule has 5 heteroatoms. The highest BCUT2D eigenvalue weighted by Gasteiger charge is 2.12. The summed E-state index contributed by atoms with van der Waals surface area (Å²) in [6, 6.07) is 11.2. The van der Waals surface area contributed by atoms with Crippen molar-refractivity contribution in [1.29, 1.82) is 10.5 Å². The topological polar surface area (TPSA) is 76.3 Å². The van der Waals surface area contributed by atoms with E-state index < -0.39 is 0 Å². The van der Waals surface area contributed by atoms with Gasteiger partial charge in [-0.3, -0.25) is 0 Å². The number of hydrogen-bond donors (Lipinski definition) is 1. The minimum Gasteiger partial charge on any atom is -0.329 e. The van der Waals surface area contributed by atoms with Gasteiger partial charge in [-0.25, -0.2) is 4.98 Å². The van der Waals surface area contributed by atoms with Crippen LogP contribution in [0.5, 0.6) is 0 Å². The second-order valence-corrected chi connectivity index (χ2v) is 3.87. The summed E-state index contributed by atoms with van der Waals surface area (Å²) in [5.74, 6) is 0.514. The van der Waals surface area contributed by atoms with Gasteiger partial charge in [0.05, 0.1) is 0 Å². The number of benzene rings is 1. The summed E-state index contributed by atoms with van der Waals surface area (Å²) >= 11 is 3.38. The van der Waals surface area contributed by atoms with E-state index >= 15 is 0 Å². The van der Waals surface area contributed by atoms with Gasteiger partial charge in [-0.15, -0.1) is 0 Å². The first kappa shape index (κ1) is 10.4. The van der Waals surface area contributed by atoms with Crippen LogP contribution in [0.15, 0.2) is 28.7 Å². The van der Waals surface area contributed by atoms with Crippen molar-refractivity contribution in [1.82, 2.24) is 9.97 Å². The molecule has 1 heterocycles. The maximum Gasteiger partial charge on any atom is 0.177 e. The van der Waals surface area contributed by atoms with Gasteiger partial charge in [0.1, 0.15) is 18.0 Å². The van der Waals surface area contributed by atoms with Gasteiger partial charge in [0.25, 0.3) is 0 Å². The van der Waals surface area contributed by atoms with Crippen LogP contribution < -0.4 is 0 Å². The maximum atomic E-state index is 8.80. The Balaban J connectivity index is 2.60. The highest BCUT2D eigenvalue weighted by molar-refractivity contribution is 9.10. The predicted octanol–water partition coefficient (Wildman–Crippen LogP) is 2.58. The Morgan fingerprint density at radius 3 is 2.50 bits per heavy atom. The van der Waals surface area contributed by atoms with E-state index in [4.69, 9.17) is 10.5 Å². The molecule has 2 aromatic rings. The Kier molecular flexibility index (Phi) is 2.72. The molecule has 0 aliphatic rings. The molecule has 0 bridgehead atoms. The van der Waals surface area contributed by atoms with Gasteiger partial charge in [-0.05, 0) is 6.07 Å². The molecule has 1 aromatic carbocycles. The van der Waals surface area contributed by atoms with Crippen LogP contribution >= 0.6 is 15.9 Å². The lowest BCUT2D eigenvalue weighted by atomic mass is 10.2. The van der Waals surface area contributed by atoms with Gasteiger partial charge in [0.15, 0.2) is 11.4 Å². The van der Waals surface area contributed by atoms with Crippen molar-refractivity contribution < 1.29 is 0 Å². The lowest BCUT2D eigenvalue weighted by molar-refractivity contribution is 1.28. The minimum atomic E-state index is 0.119. The number of nitrogens with zero attached hydrogens (tertiary/aromatic N) is 3. The fourth-order valence-corrected chi connectivity index (χ4v) is 1.79. The van der Waals surface area contributed by atoms with Crippen LogP contribution in [-0.4, -0.2) is 9.97 Å². The predicted molar refractivity (Wildman–Crippen MR) is 61.2 cm³/mol. The first-order valence-corrected chi connectivity index (χ1v) is 5.20. The Labute approximate surface area is 100 Å². The summed E-state index contributed by atoms with van der Waals surface area (Å²) in [6.07, 6.45) is 0. The van der Waals surface area contributed by atoms with Crippen LogP contribution in [-0.2, 0) is 0 Å². The molecule has 0 spiro atoms. The third kappa shape index (κ3) is 1.69. The summed E-state index contributed by atoms with van der Waals surface area (Å²) in [4.78, 5) is 6.88. The molecule has 16 heavy (non-hydrogen) atoms. The zero-order valence-electron chi connectivity index (χ0n) is 8.03. The summed E-state index contributed by atoms with van der Waals surface area (Å²) in [5.41, 5.74) is 1.13. The Morgan fingerprint density at radius 2 is 1.94 bits per heavy atom. The standard InChI is InChI=1S/C11H5BrN4/c12-8-4-2-1-3-7(8)11-15-9(5-13)10(6-14)16-11/h1-4H,(H,15,16). The Hall–Kier alpha value is -2.11. The van der Waals surface area contributed by atoms with Gasteiger partial charge in [-0.2, -0.15) is 10.5 Å². The van der Waals surface area contributed by atoms with Crippen LogP contribution in [0.25, 0.3) is 11.4 Å². The number of imidazole rings is 1. The van der Waals surface area contributed by atoms with Crippen LogP contribution in [0.4, 0.5) is 0 Å². The number of aromatic amines is 1. The largest absolute Gasteiger partial charge is 0.329 e. The van der Waals surface area contributed by atoms with Gasteiger partial charge in [-0.1, -0.05) is 34.1 Å². The number of nitriles is 2. The van der Waals surface area contributed by atoms with Crippen molar-refractivity contribution in [2.24, 2.45) is 0 Å². The van der Waals surface area contributed by atoms with Crippen LogP contribution in [0.2, 0.25) is 0 Å². The second kappa shape index (κ2) is 4.18. The van der Waals surface area contributed by atoms with Crippen molar-refractivity contribution in [3.8, 4) is 23.5 Å². The zero-order valence-corrected chi connectivity index (χ0v) is 9.62. The number of rotatable bonds is 1. The molecule has 4 nitrogen and oxygen atoms in total. The summed E-state index contributed by atoms with van der Waals surface area (Å²) in [6.45, 7) is 0. The van der Waals surface area contributed by atoms with Crippen molar-refractivity contribution >= 4 is 15.9 Å². The molecule has 0 saturated carbocycles. The quantitative estimate of drug-likeness (QED) is 0.867. The van der Waals surface area contributed by atoms with E-state index in [1.807, 2.05) is 36.4 Å². The lowest BCUT2D eigenvalue weighted by Gasteiger charge is -1.98. The third-order valence-electron chi connectivity index (χ3n) is 2.05. The molecular formula is C11H5BrN4. The molecule has 1 N–H and O–H groups in total. The zero-order chi connectivity index (χ0) is 11.5. The van der Waals surface area contributed by atoms with Crippen molar-refractivity contribution in [2.45, 2.75) is 0 Å². The molecule has 0 fully saturated rings. The van der Waals surface area contributed by atoms with Crippen LogP contribution in [0, 0.1) is 22.7 Å². The molecule has 76 valence electrons. The molecule has 0 aliphatic heterocycles. The van der Waals surface area contributed by atoms with Crippen molar-refractivity contribution in [2.75, 3.05) is 0 Å². The van der Waals surface area contributed by atoms with Crippen LogP contribution in [0.3, 0.4) is 0 Å². The van der Waals surface area contributed by atoms with Gasteiger partial charge in [0, 0.05) is 10.0 Å². The normalized spacial score (nSPS) is 9.44. The number of nitrogens with one attached hydrogen (secondary N) is 1. The second-order valence-electron chi connectivity index (χ2n) is 3.01. The number of H-pyrrole nitrogens is 1. The van der Waals surface area contributed by atoms with E-state index in [9.17, 15) is 0 Å². The molecule has 1 aromatic heterocycles. The molecule has 0 saturated heterocycles. The minimum absolute atomic E-state index is 0.119. The van der Waals surface area contributed by atoms with E-state index in [1.54, 1.807) is 0 Å². The Morgan fingerprint density at radius 1 is 1.19 bits per heavy atom. The van der Waals surface area contributed by atoms with Gasteiger partial charge in [0.2, 0.25) is 0 Å². The van der Waals surface area contributed by atoms with E-state index in [2.05, 4.69) is 25.9 Å². The van der Waals surface area contributed by atoms with Crippen LogP contribution in [0.1, 0.15) is 11.4 Å². The first-order chi connectivity index (χ1) is 7.76. The lowest BCUT2D eigenvalue weighted by Crippen LogP contribution is -1.81. The fraction of sp³-hybridized carbons (Fsp3) is 0. The summed E-state index contributed by atoms with van der Waals surface area (Å²) in [7, 11) is 0. The average molecular weight is 273 g/mol. The summed E-state index contributed by atoms with van der Waals surface area (Å²) in [5, 5.41) is 17.6. The van der Waals surface area contributed by atoms with E-state index in [0.29, 0.717) is 5.82 Å².